The second-order valence-corrected chi connectivity index (χ2v) is 7.60. The number of rotatable bonds is 8. The van der Waals surface area contributed by atoms with Crippen molar-refractivity contribution in [3.05, 3.63) is 66.0 Å². The van der Waals surface area contributed by atoms with Gasteiger partial charge in [-0.15, -0.1) is 10.2 Å². The van der Waals surface area contributed by atoms with Crippen molar-refractivity contribution >= 4 is 17.7 Å². The van der Waals surface area contributed by atoms with Gasteiger partial charge in [-0.1, -0.05) is 42.1 Å². The maximum Gasteiger partial charge on any atom is 0.230 e. The van der Waals surface area contributed by atoms with Crippen molar-refractivity contribution in [2.24, 2.45) is 7.05 Å². The molecule has 1 amide bonds. The average molecular weight is 399 g/mol. The SMILES string of the molecule is C[C@@H](CCc1ccccc1)NC(=O)CSc1nnc(-c2ccc(F)cc2)n1C. The Kier molecular flexibility index (Phi) is 6.81. The highest BCUT2D eigenvalue weighted by atomic mass is 32.2. The van der Waals surface area contributed by atoms with E-state index in [0.717, 1.165) is 18.4 Å². The molecule has 1 aromatic heterocycles. The fourth-order valence-corrected chi connectivity index (χ4v) is 3.56. The van der Waals surface area contributed by atoms with E-state index in [0.29, 0.717) is 11.0 Å². The minimum absolute atomic E-state index is 0.0307. The van der Waals surface area contributed by atoms with Crippen LogP contribution in [0.25, 0.3) is 11.4 Å². The maximum atomic E-state index is 13.1. The number of nitrogens with zero attached hydrogens (tertiary/aromatic N) is 3. The van der Waals surface area contributed by atoms with Crippen LogP contribution in [0.5, 0.6) is 0 Å². The Labute approximate surface area is 168 Å². The van der Waals surface area contributed by atoms with Crippen LogP contribution in [0.4, 0.5) is 4.39 Å². The van der Waals surface area contributed by atoms with Gasteiger partial charge in [-0.3, -0.25) is 4.79 Å². The minimum atomic E-state index is -0.293. The van der Waals surface area contributed by atoms with Gasteiger partial charge in [0.1, 0.15) is 5.82 Å². The van der Waals surface area contributed by atoms with Crippen molar-refractivity contribution in [3.63, 3.8) is 0 Å². The number of hydrogen-bond donors (Lipinski definition) is 1. The summed E-state index contributed by atoms with van der Waals surface area (Å²) in [5, 5.41) is 12.0. The number of thioether (sulfide) groups is 1. The molecule has 2 aromatic carbocycles. The molecule has 0 aliphatic carbocycles. The summed E-state index contributed by atoms with van der Waals surface area (Å²) in [5.74, 6) is 0.583. The molecule has 0 fully saturated rings. The van der Waals surface area contributed by atoms with Crippen LogP contribution in [-0.2, 0) is 18.3 Å². The molecule has 146 valence electrons. The van der Waals surface area contributed by atoms with Crippen LogP contribution in [0.15, 0.2) is 59.8 Å². The Morgan fingerprint density at radius 2 is 1.86 bits per heavy atom. The lowest BCUT2D eigenvalue weighted by Crippen LogP contribution is -2.34. The number of carbonyl (C=O) groups is 1. The summed E-state index contributed by atoms with van der Waals surface area (Å²) >= 11 is 1.33. The summed E-state index contributed by atoms with van der Waals surface area (Å²) in [6.07, 6.45) is 1.82. The predicted octanol–water partition coefficient (Wildman–Crippen LogP) is 3.85. The topological polar surface area (TPSA) is 59.8 Å². The lowest BCUT2D eigenvalue weighted by atomic mass is 10.1. The molecular formula is C21H23FN4OS. The van der Waals surface area contributed by atoms with E-state index in [-0.39, 0.29) is 23.5 Å². The Bertz CT molecular complexity index is 912. The molecule has 0 aliphatic heterocycles. The molecule has 0 spiro atoms. The molecule has 0 aliphatic rings. The third-order valence-electron chi connectivity index (χ3n) is 4.39. The smallest absolute Gasteiger partial charge is 0.230 e. The lowest BCUT2D eigenvalue weighted by Gasteiger charge is -2.13. The van der Waals surface area contributed by atoms with E-state index in [1.165, 1.54) is 29.5 Å². The molecule has 3 aromatic rings. The Morgan fingerprint density at radius 1 is 1.14 bits per heavy atom. The standard InChI is InChI=1S/C21H23FN4OS/c1-15(8-9-16-6-4-3-5-7-16)23-19(27)14-28-21-25-24-20(26(21)2)17-10-12-18(22)13-11-17/h3-7,10-13,15H,8-9,14H2,1-2H3,(H,23,27)/t15-/m0/s1. The number of hydrogen-bond acceptors (Lipinski definition) is 4. The van der Waals surface area contributed by atoms with E-state index in [2.05, 4.69) is 27.6 Å². The van der Waals surface area contributed by atoms with Gasteiger partial charge in [-0.25, -0.2) is 4.39 Å². The Balaban J connectivity index is 1.48. The van der Waals surface area contributed by atoms with Crippen molar-refractivity contribution in [1.29, 1.82) is 0 Å². The highest BCUT2D eigenvalue weighted by Crippen LogP contribution is 2.22. The van der Waals surface area contributed by atoms with Gasteiger partial charge < -0.3 is 9.88 Å². The molecule has 0 bridgehead atoms. The summed E-state index contributed by atoms with van der Waals surface area (Å²) in [6.45, 7) is 2.01. The minimum Gasteiger partial charge on any atom is -0.353 e. The zero-order chi connectivity index (χ0) is 19.9. The van der Waals surface area contributed by atoms with E-state index < -0.39 is 0 Å². The highest BCUT2D eigenvalue weighted by Gasteiger charge is 2.14. The van der Waals surface area contributed by atoms with E-state index in [1.54, 1.807) is 12.1 Å². The number of nitrogens with one attached hydrogen (secondary N) is 1. The monoisotopic (exact) mass is 398 g/mol. The van der Waals surface area contributed by atoms with Crippen LogP contribution in [0, 0.1) is 5.82 Å². The highest BCUT2D eigenvalue weighted by molar-refractivity contribution is 7.99. The van der Waals surface area contributed by atoms with Crippen LogP contribution in [0.2, 0.25) is 0 Å². The van der Waals surface area contributed by atoms with Crippen molar-refractivity contribution in [2.75, 3.05) is 5.75 Å². The summed E-state index contributed by atoms with van der Waals surface area (Å²) in [7, 11) is 1.83. The van der Waals surface area contributed by atoms with Gasteiger partial charge in [0.25, 0.3) is 0 Å². The number of benzene rings is 2. The molecule has 5 nitrogen and oxygen atoms in total. The van der Waals surface area contributed by atoms with E-state index in [4.69, 9.17) is 0 Å². The van der Waals surface area contributed by atoms with Crippen LogP contribution in [0.3, 0.4) is 0 Å². The summed E-state index contributed by atoms with van der Waals surface area (Å²) in [5.41, 5.74) is 2.05. The van der Waals surface area contributed by atoms with Crippen molar-refractivity contribution in [1.82, 2.24) is 20.1 Å². The second kappa shape index (κ2) is 9.50. The molecule has 7 heteroatoms. The van der Waals surface area contributed by atoms with Crippen molar-refractivity contribution in [2.45, 2.75) is 31.0 Å². The van der Waals surface area contributed by atoms with Crippen LogP contribution in [0.1, 0.15) is 18.9 Å². The van der Waals surface area contributed by atoms with Gasteiger partial charge in [0.05, 0.1) is 5.75 Å². The second-order valence-electron chi connectivity index (χ2n) is 6.65. The zero-order valence-electron chi connectivity index (χ0n) is 15.9. The third-order valence-corrected chi connectivity index (χ3v) is 5.41. The molecule has 1 atom stereocenters. The van der Waals surface area contributed by atoms with Gasteiger partial charge in [-0.2, -0.15) is 0 Å². The quantitative estimate of drug-likeness (QED) is 0.586. The molecule has 3 rings (SSSR count). The fraction of sp³-hybridized carbons (Fsp3) is 0.286. The van der Waals surface area contributed by atoms with Crippen LogP contribution in [-0.4, -0.2) is 32.5 Å². The van der Waals surface area contributed by atoms with Gasteiger partial charge in [0.15, 0.2) is 11.0 Å². The fourth-order valence-electron chi connectivity index (χ4n) is 2.84. The first kappa shape index (κ1) is 20.1. The van der Waals surface area contributed by atoms with E-state index >= 15 is 0 Å². The number of carbonyl (C=O) groups excluding carboxylic acids is 1. The summed E-state index contributed by atoms with van der Waals surface area (Å²) < 4.78 is 14.9. The van der Waals surface area contributed by atoms with Gasteiger partial charge in [0.2, 0.25) is 5.91 Å². The predicted molar refractivity (Wildman–Crippen MR) is 109 cm³/mol. The van der Waals surface area contributed by atoms with Gasteiger partial charge >= 0.3 is 0 Å². The zero-order valence-corrected chi connectivity index (χ0v) is 16.7. The number of halogens is 1. The molecule has 1 heterocycles. The molecule has 28 heavy (non-hydrogen) atoms. The Morgan fingerprint density at radius 3 is 2.57 bits per heavy atom. The number of aromatic nitrogens is 3. The van der Waals surface area contributed by atoms with Crippen molar-refractivity contribution in [3.8, 4) is 11.4 Å². The summed E-state index contributed by atoms with van der Waals surface area (Å²) in [4.78, 5) is 12.2. The largest absolute Gasteiger partial charge is 0.353 e. The Hall–Kier alpha value is -2.67. The third kappa shape index (κ3) is 5.42. The van der Waals surface area contributed by atoms with E-state index in [1.807, 2.05) is 36.7 Å². The van der Waals surface area contributed by atoms with Crippen LogP contribution < -0.4 is 5.32 Å². The summed E-state index contributed by atoms with van der Waals surface area (Å²) in [6, 6.07) is 16.4. The maximum absolute atomic E-state index is 13.1. The van der Waals surface area contributed by atoms with Crippen molar-refractivity contribution < 1.29 is 9.18 Å². The average Bonchev–Trinajstić information content (AvgIpc) is 3.07. The molecule has 0 radical (unpaired) electrons. The van der Waals surface area contributed by atoms with Crippen LogP contribution >= 0.6 is 11.8 Å². The first-order valence-corrected chi connectivity index (χ1v) is 10.1. The number of aryl methyl sites for hydroxylation is 1. The molecule has 1 N–H and O–H groups in total. The van der Waals surface area contributed by atoms with E-state index in [9.17, 15) is 9.18 Å². The molecule has 0 saturated carbocycles. The molecule has 0 saturated heterocycles. The molecule has 0 unspecified atom stereocenters. The lowest BCUT2D eigenvalue weighted by molar-refractivity contribution is -0.119. The van der Waals surface area contributed by atoms with Gasteiger partial charge in [-0.05, 0) is 49.6 Å². The van der Waals surface area contributed by atoms with Gasteiger partial charge in [0, 0.05) is 18.7 Å². The molecular weight excluding hydrogens is 375 g/mol. The number of amides is 1. The first-order valence-electron chi connectivity index (χ1n) is 9.14. The first-order chi connectivity index (χ1) is 13.5. The normalized spacial score (nSPS) is 12.0.